The first kappa shape index (κ1) is 21.1. The summed E-state index contributed by atoms with van der Waals surface area (Å²) >= 11 is 0. The number of rotatable bonds is 6. The fourth-order valence-electron chi connectivity index (χ4n) is 3.26. The Morgan fingerprint density at radius 2 is 1.50 bits per heavy atom. The molecule has 30 heavy (non-hydrogen) atoms. The van der Waals surface area contributed by atoms with Crippen molar-refractivity contribution in [1.29, 1.82) is 0 Å². The van der Waals surface area contributed by atoms with Crippen molar-refractivity contribution in [3.8, 4) is 5.69 Å². The van der Waals surface area contributed by atoms with Crippen LogP contribution in [0.5, 0.6) is 0 Å². The molecule has 0 fully saturated rings. The van der Waals surface area contributed by atoms with Crippen molar-refractivity contribution in [1.82, 2.24) is 14.7 Å². The lowest BCUT2D eigenvalue weighted by Gasteiger charge is -2.21. The zero-order chi connectivity index (χ0) is 21.8. The van der Waals surface area contributed by atoms with E-state index in [1.165, 1.54) is 4.68 Å². The van der Waals surface area contributed by atoms with Gasteiger partial charge in [0.1, 0.15) is 11.7 Å². The van der Waals surface area contributed by atoms with Gasteiger partial charge in [0.15, 0.2) is 0 Å². The SMILES string of the molecule is Cc1c(NC(=O)C(NC(=O)c2ccccc2)C(C)C)c(=O)n(-c2ccccc2)n1C. The lowest BCUT2D eigenvalue weighted by molar-refractivity contribution is -0.118. The largest absolute Gasteiger partial charge is 0.340 e. The van der Waals surface area contributed by atoms with E-state index in [0.29, 0.717) is 16.9 Å². The fraction of sp³-hybridized carbons (Fsp3) is 0.261. The van der Waals surface area contributed by atoms with Crippen LogP contribution in [0.1, 0.15) is 29.9 Å². The molecule has 2 N–H and O–H groups in total. The van der Waals surface area contributed by atoms with Crippen LogP contribution in [0.4, 0.5) is 5.69 Å². The summed E-state index contributed by atoms with van der Waals surface area (Å²) in [6.45, 7) is 5.45. The Morgan fingerprint density at radius 1 is 0.933 bits per heavy atom. The van der Waals surface area contributed by atoms with E-state index in [0.717, 1.165) is 0 Å². The van der Waals surface area contributed by atoms with Crippen molar-refractivity contribution in [2.45, 2.75) is 26.8 Å². The highest BCUT2D eigenvalue weighted by Crippen LogP contribution is 2.15. The second-order valence-corrected chi connectivity index (χ2v) is 7.49. The van der Waals surface area contributed by atoms with Crippen LogP contribution in [0, 0.1) is 12.8 Å². The van der Waals surface area contributed by atoms with Crippen molar-refractivity contribution in [3.63, 3.8) is 0 Å². The average Bonchev–Trinajstić information content (AvgIpc) is 2.95. The summed E-state index contributed by atoms with van der Waals surface area (Å²) < 4.78 is 3.19. The standard InChI is InChI=1S/C23H26N4O3/c1-15(2)19(24-21(28)17-11-7-5-8-12-17)22(29)25-20-16(3)26(4)27(23(20)30)18-13-9-6-10-14-18/h5-15,19H,1-4H3,(H,24,28)(H,25,29). The fourth-order valence-corrected chi connectivity index (χ4v) is 3.26. The summed E-state index contributed by atoms with van der Waals surface area (Å²) in [5.41, 5.74) is 1.66. The molecule has 0 bridgehead atoms. The van der Waals surface area contributed by atoms with E-state index in [-0.39, 0.29) is 23.1 Å². The van der Waals surface area contributed by atoms with Gasteiger partial charge in [0.2, 0.25) is 5.91 Å². The number of para-hydroxylation sites is 1. The minimum absolute atomic E-state index is 0.168. The van der Waals surface area contributed by atoms with E-state index < -0.39 is 11.9 Å². The van der Waals surface area contributed by atoms with E-state index in [2.05, 4.69) is 10.6 Å². The van der Waals surface area contributed by atoms with Crippen LogP contribution in [-0.2, 0) is 11.8 Å². The first-order valence-corrected chi connectivity index (χ1v) is 9.82. The van der Waals surface area contributed by atoms with Crippen molar-refractivity contribution in [2.75, 3.05) is 5.32 Å². The Balaban J connectivity index is 1.87. The van der Waals surface area contributed by atoms with Gasteiger partial charge in [-0.25, -0.2) is 4.68 Å². The number of anilines is 1. The molecule has 0 aliphatic carbocycles. The lowest BCUT2D eigenvalue weighted by atomic mass is 10.0. The molecule has 0 radical (unpaired) electrons. The predicted octanol–water partition coefficient (Wildman–Crippen LogP) is 2.88. The number of carbonyl (C=O) groups is 2. The molecular formula is C23H26N4O3. The van der Waals surface area contributed by atoms with Gasteiger partial charge in [0, 0.05) is 12.6 Å². The maximum absolute atomic E-state index is 13.0. The Kier molecular flexibility index (Phi) is 6.20. The summed E-state index contributed by atoms with van der Waals surface area (Å²) in [5.74, 6) is -0.936. The van der Waals surface area contributed by atoms with Crippen LogP contribution in [0.15, 0.2) is 65.5 Å². The number of hydrogen-bond donors (Lipinski definition) is 2. The molecule has 156 valence electrons. The van der Waals surface area contributed by atoms with Crippen LogP contribution in [-0.4, -0.2) is 27.2 Å². The molecule has 0 spiro atoms. The number of hydrogen-bond acceptors (Lipinski definition) is 3. The van der Waals surface area contributed by atoms with Crippen molar-refractivity contribution >= 4 is 17.5 Å². The molecule has 1 unspecified atom stereocenters. The zero-order valence-electron chi connectivity index (χ0n) is 17.5. The van der Waals surface area contributed by atoms with Gasteiger partial charge in [-0.1, -0.05) is 50.2 Å². The molecule has 0 saturated heterocycles. The van der Waals surface area contributed by atoms with Gasteiger partial charge < -0.3 is 10.6 Å². The summed E-state index contributed by atoms with van der Waals surface area (Å²) in [6, 6.07) is 17.1. The highest BCUT2D eigenvalue weighted by Gasteiger charge is 2.27. The topological polar surface area (TPSA) is 85.1 Å². The van der Waals surface area contributed by atoms with Crippen LogP contribution in [0.2, 0.25) is 0 Å². The second-order valence-electron chi connectivity index (χ2n) is 7.49. The van der Waals surface area contributed by atoms with Gasteiger partial charge >= 0.3 is 0 Å². The van der Waals surface area contributed by atoms with Crippen LogP contribution >= 0.6 is 0 Å². The van der Waals surface area contributed by atoms with Crippen molar-refractivity contribution in [3.05, 3.63) is 82.3 Å². The van der Waals surface area contributed by atoms with Crippen molar-refractivity contribution < 1.29 is 9.59 Å². The van der Waals surface area contributed by atoms with Gasteiger partial charge in [-0.2, -0.15) is 0 Å². The molecule has 1 heterocycles. The maximum atomic E-state index is 13.0. The number of aromatic nitrogens is 2. The average molecular weight is 406 g/mol. The van der Waals surface area contributed by atoms with Gasteiger partial charge in [-0.3, -0.25) is 19.1 Å². The summed E-state index contributed by atoms with van der Waals surface area (Å²) in [5, 5.41) is 5.52. The van der Waals surface area contributed by atoms with E-state index in [4.69, 9.17) is 0 Å². The quantitative estimate of drug-likeness (QED) is 0.660. The van der Waals surface area contributed by atoms with E-state index >= 15 is 0 Å². The first-order chi connectivity index (χ1) is 14.3. The lowest BCUT2D eigenvalue weighted by Crippen LogP contribution is -2.47. The maximum Gasteiger partial charge on any atom is 0.295 e. The molecule has 3 rings (SSSR count). The Morgan fingerprint density at radius 3 is 2.07 bits per heavy atom. The minimum atomic E-state index is -0.790. The molecule has 0 saturated carbocycles. The molecule has 0 aliphatic rings. The van der Waals surface area contributed by atoms with E-state index in [1.807, 2.05) is 50.2 Å². The summed E-state index contributed by atoms with van der Waals surface area (Å²) in [7, 11) is 1.76. The Hall–Kier alpha value is -3.61. The third kappa shape index (κ3) is 4.20. The number of nitrogens with zero attached hydrogens (tertiary/aromatic N) is 2. The molecule has 1 atom stereocenters. The molecule has 2 amide bonds. The number of benzene rings is 2. The third-order valence-corrected chi connectivity index (χ3v) is 5.07. The normalized spacial score (nSPS) is 11.9. The first-order valence-electron chi connectivity index (χ1n) is 9.82. The number of nitrogens with one attached hydrogen (secondary N) is 2. The predicted molar refractivity (Wildman–Crippen MR) is 117 cm³/mol. The van der Waals surface area contributed by atoms with E-state index in [9.17, 15) is 14.4 Å². The molecular weight excluding hydrogens is 380 g/mol. The number of amides is 2. The zero-order valence-corrected chi connectivity index (χ0v) is 17.5. The second kappa shape index (κ2) is 8.82. The number of carbonyl (C=O) groups excluding carboxylic acids is 2. The van der Waals surface area contributed by atoms with Gasteiger partial charge in [-0.15, -0.1) is 0 Å². The van der Waals surface area contributed by atoms with Crippen LogP contribution in [0.3, 0.4) is 0 Å². The smallest absolute Gasteiger partial charge is 0.295 e. The van der Waals surface area contributed by atoms with Crippen LogP contribution < -0.4 is 16.2 Å². The molecule has 3 aromatic rings. The van der Waals surface area contributed by atoms with Gasteiger partial charge in [-0.05, 0) is 37.1 Å². The Bertz CT molecular complexity index is 1100. The van der Waals surface area contributed by atoms with Gasteiger partial charge in [0.05, 0.1) is 11.4 Å². The third-order valence-electron chi connectivity index (χ3n) is 5.07. The van der Waals surface area contributed by atoms with Crippen LogP contribution in [0.25, 0.3) is 5.69 Å². The monoisotopic (exact) mass is 406 g/mol. The highest BCUT2D eigenvalue weighted by molar-refractivity contribution is 6.01. The molecule has 7 nitrogen and oxygen atoms in total. The Labute approximate surface area is 175 Å². The van der Waals surface area contributed by atoms with E-state index in [1.54, 1.807) is 42.9 Å². The minimum Gasteiger partial charge on any atom is -0.340 e. The van der Waals surface area contributed by atoms with Gasteiger partial charge in [0.25, 0.3) is 11.5 Å². The highest BCUT2D eigenvalue weighted by atomic mass is 16.2. The molecule has 2 aromatic carbocycles. The molecule has 0 aliphatic heterocycles. The molecule has 1 aromatic heterocycles. The van der Waals surface area contributed by atoms with Crippen molar-refractivity contribution in [2.24, 2.45) is 13.0 Å². The summed E-state index contributed by atoms with van der Waals surface area (Å²) in [4.78, 5) is 38.6. The summed E-state index contributed by atoms with van der Waals surface area (Å²) in [6.07, 6.45) is 0. The molecule has 7 heteroatoms.